The highest BCUT2D eigenvalue weighted by Crippen LogP contribution is 2.10. The Morgan fingerprint density at radius 2 is 2.06 bits per heavy atom. The van der Waals surface area contributed by atoms with E-state index in [1.165, 1.54) is 24.3 Å². The number of hydrogen-bond donors (Lipinski definition) is 1. The van der Waals surface area contributed by atoms with Gasteiger partial charge in [0.05, 0.1) is 0 Å². The molecule has 16 heavy (non-hydrogen) atoms. The average Bonchev–Trinajstić information content (AvgIpc) is 2.28. The third-order valence-corrected chi connectivity index (χ3v) is 2.20. The van der Waals surface area contributed by atoms with Crippen LogP contribution < -0.4 is 10.1 Å². The maximum atomic E-state index is 12.6. The highest BCUT2D eigenvalue weighted by molar-refractivity contribution is 5.77. The highest BCUT2D eigenvalue weighted by Gasteiger charge is 2.05. The summed E-state index contributed by atoms with van der Waals surface area (Å²) < 4.78 is 17.8. The Bertz CT molecular complexity index is 337. The molecule has 0 radical (unpaired) electrons. The van der Waals surface area contributed by atoms with E-state index in [2.05, 4.69) is 5.32 Å². The van der Waals surface area contributed by atoms with Crippen molar-refractivity contribution < 1.29 is 13.9 Å². The van der Waals surface area contributed by atoms with Crippen LogP contribution in [-0.2, 0) is 4.79 Å². The van der Waals surface area contributed by atoms with Gasteiger partial charge in [0.25, 0.3) is 5.91 Å². The van der Waals surface area contributed by atoms with E-state index in [9.17, 15) is 9.18 Å². The summed E-state index contributed by atoms with van der Waals surface area (Å²) in [4.78, 5) is 11.3. The summed E-state index contributed by atoms with van der Waals surface area (Å²) in [6.07, 6.45) is 0.877. The van der Waals surface area contributed by atoms with Crippen molar-refractivity contribution in [2.45, 2.75) is 26.3 Å². The van der Waals surface area contributed by atoms with Gasteiger partial charge in [0.2, 0.25) is 0 Å². The van der Waals surface area contributed by atoms with E-state index in [0.29, 0.717) is 5.75 Å². The molecule has 88 valence electrons. The summed E-state index contributed by atoms with van der Waals surface area (Å²) in [5.41, 5.74) is 0. The van der Waals surface area contributed by atoms with Crippen LogP contribution in [-0.4, -0.2) is 18.6 Å². The Balaban J connectivity index is 2.34. The Hall–Kier alpha value is -1.58. The molecule has 0 heterocycles. The number of carbonyl (C=O) groups is 1. The minimum Gasteiger partial charge on any atom is -0.484 e. The van der Waals surface area contributed by atoms with E-state index in [1.807, 2.05) is 13.8 Å². The second kappa shape index (κ2) is 6.10. The fourth-order valence-electron chi connectivity index (χ4n) is 1.10. The molecular formula is C12H16FNO2. The first-order valence-electron chi connectivity index (χ1n) is 5.29. The van der Waals surface area contributed by atoms with Gasteiger partial charge < -0.3 is 10.1 Å². The number of nitrogens with one attached hydrogen (secondary N) is 1. The van der Waals surface area contributed by atoms with Crippen LogP contribution in [0.25, 0.3) is 0 Å². The summed E-state index contributed by atoms with van der Waals surface area (Å²) in [6, 6.07) is 5.71. The first-order valence-corrected chi connectivity index (χ1v) is 5.29. The van der Waals surface area contributed by atoms with Crippen LogP contribution >= 0.6 is 0 Å². The van der Waals surface area contributed by atoms with Crippen molar-refractivity contribution in [3.63, 3.8) is 0 Å². The molecule has 3 nitrogen and oxygen atoms in total. The van der Waals surface area contributed by atoms with Gasteiger partial charge in [0.1, 0.15) is 11.6 Å². The zero-order chi connectivity index (χ0) is 12.0. The van der Waals surface area contributed by atoms with Crippen LogP contribution in [0.1, 0.15) is 20.3 Å². The standard InChI is InChI=1S/C12H16FNO2/c1-3-9(2)14-12(15)8-16-11-6-4-10(13)5-7-11/h4-7,9H,3,8H2,1-2H3,(H,14,15)/t9-/m1/s1. The number of carbonyl (C=O) groups excluding carboxylic acids is 1. The predicted octanol–water partition coefficient (Wildman–Crippen LogP) is 2.12. The normalized spacial score (nSPS) is 11.9. The van der Waals surface area contributed by atoms with Crippen molar-refractivity contribution in [3.8, 4) is 5.75 Å². The van der Waals surface area contributed by atoms with Crippen molar-refractivity contribution in [2.75, 3.05) is 6.61 Å². The molecule has 0 aliphatic heterocycles. The van der Waals surface area contributed by atoms with Gasteiger partial charge >= 0.3 is 0 Å². The maximum absolute atomic E-state index is 12.6. The lowest BCUT2D eigenvalue weighted by Gasteiger charge is -2.11. The summed E-state index contributed by atoms with van der Waals surface area (Å²) in [6.45, 7) is 3.87. The van der Waals surface area contributed by atoms with Crippen LogP contribution in [0.5, 0.6) is 5.75 Å². The van der Waals surface area contributed by atoms with Gasteiger partial charge in [-0.05, 0) is 37.6 Å². The van der Waals surface area contributed by atoms with Gasteiger partial charge in [-0.2, -0.15) is 0 Å². The zero-order valence-electron chi connectivity index (χ0n) is 9.50. The summed E-state index contributed by atoms with van der Waals surface area (Å²) in [5.74, 6) is -0.00390. The summed E-state index contributed by atoms with van der Waals surface area (Å²) in [7, 11) is 0. The minimum atomic E-state index is -0.323. The van der Waals surface area contributed by atoms with E-state index in [0.717, 1.165) is 6.42 Å². The first kappa shape index (κ1) is 12.5. The third kappa shape index (κ3) is 4.29. The molecule has 1 N–H and O–H groups in total. The molecule has 4 heteroatoms. The lowest BCUT2D eigenvalue weighted by Crippen LogP contribution is -2.35. The number of amides is 1. The molecular weight excluding hydrogens is 209 g/mol. The van der Waals surface area contributed by atoms with E-state index in [-0.39, 0.29) is 24.4 Å². The van der Waals surface area contributed by atoms with E-state index < -0.39 is 0 Å². The van der Waals surface area contributed by atoms with Gasteiger partial charge in [-0.1, -0.05) is 6.92 Å². The van der Waals surface area contributed by atoms with Crippen molar-refractivity contribution in [3.05, 3.63) is 30.1 Å². The Kier molecular flexibility index (Phi) is 4.76. The van der Waals surface area contributed by atoms with Crippen molar-refractivity contribution >= 4 is 5.91 Å². The van der Waals surface area contributed by atoms with Gasteiger partial charge in [-0.25, -0.2) is 4.39 Å². The fourth-order valence-corrected chi connectivity index (χ4v) is 1.10. The van der Waals surface area contributed by atoms with Gasteiger partial charge in [0.15, 0.2) is 6.61 Å². The van der Waals surface area contributed by atoms with E-state index in [4.69, 9.17) is 4.74 Å². The topological polar surface area (TPSA) is 38.3 Å². The molecule has 0 aliphatic carbocycles. The second-order valence-electron chi connectivity index (χ2n) is 3.62. The van der Waals surface area contributed by atoms with E-state index >= 15 is 0 Å². The molecule has 1 aromatic carbocycles. The van der Waals surface area contributed by atoms with Crippen molar-refractivity contribution in [1.29, 1.82) is 0 Å². The molecule has 0 saturated carbocycles. The molecule has 0 aliphatic rings. The molecule has 1 atom stereocenters. The second-order valence-corrected chi connectivity index (χ2v) is 3.62. The summed E-state index contributed by atoms with van der Waals surface area (Å²) >= 11 is 0. The zero-order valence-corrected chi connectivity index (χ0v) is 9.50. The molecule has 1 aromatic rings. The van der Waals surface area contributed by atoms with Crippen LogP contribution in [0.2, 0.25) is 0 Å². The third-order valence-electron chi connectivity index (χ3n) is 2.20. The van der Waals surface area contributed by atoms with Crippen LogP contribution in [0, 0.1) is 5.82 Å². The Morgan fingerprint density at radius 1 is 1.44 bits per heavy atom. The monoisotopic (exact) mass is 225 g/mol. The molecule has 0 fully saturated rings. The van der Waals surface area contributed by atoms with Gasteiger partial charge in [-0.3, -0.25) is 4.79 Å². The van der Waals surface area contributed by atoms with Crippen LogP contribution in [0.15, 0.2) is 24.3 Å². The molecule has 0 unspecified atom stereocenters. The molecule has 0 saturated heterocycles. The molecule has 1 amide bonds. The summed E-state index contributed by atoms with van der Waals surface area (Å²) in [5, 5.41) is 2.77. The van der Waals surface area contributed by atoms with Crippen molar-refractivity contribution in [2.24, 2.45) is 0 Å². The number of halogens is 1. The van der Waals surface area contributed by atoms with Crippen LogP contribution in [0.4, 0.5) is 4.39 Å². The number of hydrogen-bond acceptors (Lipinski definition) is 2. The van der Waals surface area contributed by atoms with Crippen LogP contribution in [0.3, 0.4) is 0 Å². The SMILES string of the molecule is CC[C@@H](C)NC(=O)COc1ccc(F)cc1. The lowest BCUT2D eigenvalue weighted by molar-refractivity contribution is -0.123. The molecule has 0 aromatic heterocycles. The lowest BCUT2D eigenvalue weighted by atomic mass is 10.2. The number of rotatable bonds is 5. The number of ether oxygens (including phenoxy) is 1. The molecule has 1 rings (SSSR count). The molecule has 0 spiro atoms. The quantitative estimate of drug-likeness (QED) is 0.833. The van der Waals surface area contributed by atoms with Crippen molar-refractivity contribution in [1.82, 2.24) is 5.32 Å². The number of benzene rings is 1. The van der Waals surface area contributed by atoms with Gasteiger partial charge in [0, 0.05) is 6.04 Å². The average molecular weight is 225 g/mol. The predicted molar refractivity (Wildman–Crippen MR) is 59.8 cm³/mol. The maximum Gasteiger partial charge on any atom is 0.258 e. The first-order chi connectivity index (χ1) is 7.61. The fraction of sp³-hybridized carbons (Fsp3) is 0.417. The smallest absolute Gasteiger partial charge is 0.258 e. The molecule has 0 bridgehead atoms. The largest absolute Gasteiger partial charge is 0.484 e. The van der Waals surface area contributed by atoms with Gasteiger partial charge in [-0.15, -0.1) is 0 Å². The highest BCUT2D eigenvalue weighted by atomic mass is 19.1. The Morgan fingerprint density at radius 3 is 2.62 bits per heavy atom. The Labute approximate surface area is 94.6 Å². The van der Waals surface area contributed by atoms with E-state index in [1.54, 1.807) is 0 Å². The minimum absolute atomic E-state index is 0.0457.